The average Bonchev–Trinajstić information content (AvgIpc) is 3.26. The number of furan rings is 1. The first-order chi connectivity index (χ1) is 11.7. The highest BCUT2D eigenvalue weighted by molar-refractivity contribution is 5.30. The second kappa shape index (κ2) is 6.53. The van der Waals surface area contributed by atoms with E-state index in [4.69, 9.17) is 9.15 Å². The van der Waals surface area contributed by atoms with Gasteiger partial charge in [0.2, 0.25) is 5.95 Å². The second-order valence-electron chi connectivity index (χ2n) is 6.96. The summed E-state index contributed by atoms with van der Waals surface area (Å²) in [5, 5.41) is 0. The van der Waals surface area contributed by atoms with Crippen molar-refractivity contribution in [3.05, 3.63) is 42.6 Å². The monoisotopic (exact) mass is 328 g/mol. The fraction of sp³-hybridized carbons (Fsp3) is 0.556. The molecule has 0 unspecified atom stereocenters. The van der Waals surface area contributed by atoms with Crippen molar-refractivity contribution < 1.29 is 9.15 Å². The molecule has 128 valence electrons. The number of anilines is 1. The molecule has 6 heteroatoms. The molecule has 0 bridgehead atoms. The van der Waals surface area contributed by atoms with Crippen molar-refractivity contribution in [3.63, 3.8) is 0 Å². The van der Waals surface area contributed by atoms with E-state index in [-0.39, 0.29) is 5.60 Å². The maximum absolute atomic E-state index is 6.32. The molecule has 2 aromatic rings. The summed E-state index contributed by atoms with van der Waals surface area (Å²) in [4.78, 5) is 13.4. The van der Waals surface area contributed by atoms with E-state index in [9.17, 15) is 0 Å². The maximum atomic E-state index is 6.32. The van der Waals surface area contributed by atoms with Gasteiger partial charge in [-0.25, -0.2) is 9.97 Å². The molecule has 4 rings (SSSR count). The van der Waals surface area contributed by atoms with Crippen molar-refractivity contribution in [2.45, 2.75) is 37.5 Å². The third kappa shape index (κ3) is 3.16. The molecule has 24 heavy (non-hydrogen) atoms. The van der Waals surface area contributed by atoms with Crippen LogP contribution in [0.5, 0.6) is 0 Å². The van der Waals surface area contributed by atoms with Gasteiger partial charge in [-0.2, -0.15) is 0 Å². The number of hydrogen-bond donors (Lipinski definition) is 0. The van der Waals surface area contributed by atoms with Crippen molar-refractivity contribution in [1.29, 1.82) is 0 Å². The lowest BCUT2D eigenvalue weighted by atomic mass is 9.88. The van der Waals surface area contributed by atoms with E-state index in [1.807, 2.05) is 18.4 Å². The van der Waals surface area contributed by atoms with Gasteiger partial charge in [0.05, 0.1) is 30.8 Å². The first-order valence-electron chi connectivity index (χ1n) is 8.61. The molecule has 2 atom stereocenters. The predicted octanol–water partition coefficient (Wildman–Crippen LogP) is 2.33. The zero-order valence-corrected chi connectivity index (χ0v) is 14.1. The Balaban J connectivity index is 1.41. The first-order valence-corrected chi connectivity index (χ1v) is 8.61. The van der Waals surface area contributed by atoms with Gasteiger partial charge >= 0.3 is 0 Å². The van der Waals surface area contributed by atoms with Gasteiger partial charge in [0.25, 0.3) is 0 Å². The third-order valence-corrected chi connectivity index (χ3v) is 5.21. The lowest BCUT2D eigenvalue weighted by Crippen LogP contribution is -2.48. The van der Waals surface area contributed by atoms with Crippen molar-refractivity contribution in [2.24, 2.45) is 0 Å². The minimum Gasteiger partial charge on any atom is -0.472 e. The fourth-order valence-corrected chi connectivity index (χ4v) is 3.96. The molecule has 2 aliphatic heterocycles. The number of likely N-dealkylation sites (tertiary alicyclic amines) is 1. The highest BCUT2D eigenvalue weighted by atomic mass is 16.5. The van der Waals surface area contributed by atoms with Crippen LogP contribution in [0.25, 0.3) is 0 Å². The molecule has 6 nitrogen and oxygen atoms in total. The molecule has 0 amide bonds. The summed E-state index contributed by atoms with van der Waals surface area (Å²) in [6.45, 7) is 3.79. The smallest absolute Gasteiger partial charge is 0.225 e. The van der Waals surface area contributed by atoms with Crippen molar-refractivity contribution in [2.75, 3.05) is 31.6 Å². The number of ether oxygens (including phenoxy) is 1. The zero-order valence-electron chi connectivity index (χ0n) is 14.1. The van der Waals surface area contributed by atoms with Crippen LogP contribution in [-0.2, 0) is 11.3 Å². The lowest BCUT2D eigenvalue weighted by molar-refractivity contribution is -0.0533. The minimum atomic E-state index is -0.0321. The quantitative estimate of drug-likeness (QED) is 0.859. The molecule has 4 heterocycles. The van der Waals surface area contributed by atoms with Gasteiger partial charge in [-0.3, -0.25) is 4.90 Å². The van der Waals surface area contributed by atoms with E-state index in [1.165, 1.54) is 12.0 Å². The van der Waals surface area contributed by atoms with Crippen LogP contribution in [0, 0.1) is 0 Å². The van der Waals surface area contributed by atoms with Gasteiger partial charge in [-0.15, -0.1) is 0 Å². The molecule has 0 aromatic carbocycles. The normalized spacial score (nSPS) is 27.6. The minimum absolute atomic E-state index is 0.0321. The van der Waals surface area contributed by atoms with Gasteiger partial charge in [0.1, 0.15) is 0 Å². The third-order valence-electron chi connectivity index (χ3n) is 5.21. The fourth-order valence-electron chi connectivity index (χ4n) is 3.96. The molecule has 0 saturated carbocycles. The molecule has 2 fully saturated rings. The highest BCUT2D eigenvalue weighted by Crippen LogP contribution is 2.37. The van der Waals surface area contributed by atoms with Crippen LogP contribution >= 0.6 is 0 Å². The number of hydrogen-bond acceptors (Lipinski definition) is 6. The van der Waals surface area contributed by atoms with E-state index in [1.54, 1.807) is 18.7 Å². The molecular weight excluding hydrogens is 304 g/mol. The summed E-state index contributed by atoms with van der Waals surface area (Å²) in [6, 6.07) is 4.22. The molecule has 2 aromatic heterocycles. The van der Waals surface area contributed by atoms with Crippen molar-refractivity contribution in [1.82, 2.24) is 14.9 Å². The molecular formula is C18H24N4O2. The van der Waals surface area contributed by atoms with Gasteiger partial charge in [0.15, 0.2) is 0 Å². The van der Waals surface area contributed by atoms with E-state index < -0.39 is 0 Å². The van der Waals surface area contributed by atoms with E-state index in [0.717, 1.165) is 45.0 Å². The Kier molecular flexibility index (Phi) is 4.24. The largest absolute Gasteiger partial charge is 0.472 e. The Morgan fingerprint density at radius 3 is 3.04 bits per heavy atom. The zero-order chi connectivity index (χ0) is 16.4. The van der Waals surface area contributed by atoms with E-state index in [2.05, 4.69) is 26.8 Å². The Bertz CT molecular complexity index is 648. The van der Waals surface area contributed by atoms with Crippen LogP contribution in [0.4, 0.5) is 5.95 Å². The Labute approximate surface area is 142 Å². The number of piperidine rings is 1. The van der Waals surface area contributed by atoms with Gasteiger partial charge in [-0.1, -0.05) is 0 Å². The summed E-state index contributed by atoms with van der Waals surface area (Å²) in [5.74, 6) is 0.772. The van der Waals surface area contributed by atoms with Crippen LogP contribution in [0.2, 0.25) is 0 Å². The molecule has 2 aliphatic rings. The van der Waals surface area contributed by atoms with Crippen LogP contribution in [-0.4, -0.2) is 53.3 Å². The summed E-state index contributed by atoms with van der Waals surface area (Å²) >= 11 is 0. The summed E-state index contributed by atoms with van der Waals surface area (Å²) in [7, 11) is 2.06. The summed E-state index contributed by atoms with van der Waals surface area (Å²) < 4.78 is 11.5. The molecule has 0 aliphatic carbocycles. The van der Waals surface area contributed by atoms with E-state index >= 15 is 0 Å². The highest BCUT2D eigenvalue weighted by Gasteiger charge is 2.44. The average molecular weight is 328 g/mol. The molecule has 0 radical (unpaired) electrons. The first kappa shape index (κ1) is 15.6. The number of nitrogens with zero attached hydrogens (tertiary/aromatic N) is 4. The van der Waals surface area contributed by atoms with Crippen LogP contribution in [0.3, 0.4) is 0 Å². The topological polar surface area (TPSA) is 54.6 Å². The van der Waals surface area contributed by atoms with Gasteiger partial charge in [-0.05, 0) is 31.5 Å². The van der Waals surface area contributed by atoms with Gasteiger partial charge in [0, 0.05) is 44.5 Å². The van der Waals surface area contributed by atoms with Crippen LogP contribution in [0.15, 0.2) is 41.5 Å². The van der Waals surface area contributed by atoms with Crippen molar-refractivity contribution >= 4 is 5.95 Å². The Morgan fingerprint density at radius 1 is 1.38 bits per heavy atom. The number of likely N-dealkylation sites (N-methyl/N-ethyl adjacent to an activating group) is 1. The van der Waals surface area contributed by atoms with E-state index in [0.29, 0.717) is 6.04 Å². The van der Waals surface area contributed by atoms with Gasteiger partial charge < -0.3 is 14.1 Å². The standard InChI is InChI=1S/C18H24N4O2/c1-21(17-19-6-3-7-20-17)16-10-18(24-13-16)5-2-8-22(14-18)11-15-4-9-23-12-15/h3-4,6-7,9,12,16H,2,5,8,10-11,13-14H2,1H3/t16-,18+/m0/s1. The molecule has 2 saturated heterocycles. The predicted molar refractivity (Wildman–Crippen MR) is 90.7 cm³/mol. The molecule has 0 N–H and O–H groups in total. The summed E-state index contributed by atoms with van der Waals surface area (Å²) in [5.41, 5.74) is 1.20. The SMILES string of the molecule is CN(c1ncccn1)[C@@H]1CO[C@]2(CCCN(Cc3ccoc3)C2)C1. The Morgan fingerprint density at radius 2 is 2.25 bits per heavy atom. The van der Waals surface area contributed by atoms with Crippen molar-refractivity contribution in [3.8, 4) is 0 Å². The second-order valence-corrected chi connectivity index (χ2v) is 6.96. The molecule has 1 spiro atoms. The van der Waals surface area contributed by atoms with Crippen LogP contribution in [0.1, 0.15) is 24.8 Å². The maximum Gasteiger partial charge on any atom is 0.225 e. The lowest BCUT2D eigenvalue weighted by Gasteiger charge is -2.39. The number of rotatable bonds is 4. The number of aromatic nitrogens is 2. The summed E-state index contributed by atoms with van der Waals surface area (Å²) in [6.07, 6.45) is 10.5. The van der Waals surface area contributed by atoms with Crippen LogP contribution < -0.4 is 4.90 Å². The Hall–Kier alpha value is -1.92.